The summed E-state index contributed by atoms with van der Waals surface area (Å²) in [4.78, 5) is 12.0. The molecular weight excluding hydrogens is 228 g/mol. The largest absolute Gasteiger partial charge is 0.493 e. The molecule has 0 saturated carbocycles. The highest BCUT2D eigenvalue weighted by Gasteiger charge is 2.38. The summed E-state index contributed by atoms with van der Waals surface area (Å²) in [5.74, 6) is 1.24. The fourth-order valence-corrected chi connectivity index (χ4v) is 3.24. The lowest BCUT2D eigenvalue weighted by Gasteiger charge is -2.36. The van der Waals surface area contributed by atoms with Crippen molar-refractivity contribution in [3.63, 3.8) is 0 Å². The van der Waals surface area contributed by atoms with Crippen molar-refractivity contribution in [3.8, 4) is 5.75 Å². The fourth-order valence-electron chi connectivity index (χ4n) is 3.24. The van der Waals surface area contributed by atoms with Gasteiger partial charge in [0.1, 0.15) is 5.75 Å². The number of aryl methyl sites for hydroxylation is 1. The molecule has 1 aromatic carbocycles. The standard InChI is InChI=1S/C15H18O3/c1-2-17-15(16)12-7-6-10-4-3-5-13-14(10)11(12)8-9-18-13/h3-5,11-12H,2,6-9H2,1H3. The van der Waals surface area contributed by atoms with Gasteiger partial charge in [-0.2, -0.15) is 0 Å². The van der Waals surface area contributed by atoms with Crippen molar-refractivity contribution in [1.82, 2.24) is 0 Å². The zero-order valence-electron chi connectivity index (χ0n) is 10.6. The average molecular weight is 246 g/mol. The minimum atomic E-state index is -0.0372. The molecule has 1 aliphatic carbocycles. The normalized spacial score (nSPS) is 24.9. The van der Waals surface area contributed by atoms with Gasteiger partial charge >= 0.3 is 5.97 Å². The molecule has 0 radical (unpaired) electrons. The second-order valence-electron chi connectivity index (χ2n) is 4.97. The summed E-state index contributed by atoms with van der Waals surface area (Å²) in [7, 11) is 0. The van der Waals surface area contributed by atoms with Gasteiger partial charge in [-0.05, 0) is 37.8 Å². The molecule has 96 valence electrons. The van der Waals surface area contributed by atoms with Crippen molar-refractivity contribution in [1.29, 1.82) is 0 Å². The molecule has 0 saturated heterocycles. The van der Waals surface area contributed by atoms with Crippen LogP contribution in [0.5, 0.6) is 5.75 Å². The molecule has 0 fully saturated rings. The molecule has 0 aromatic heterocycles. The molecule has 2 aliphatic rings. The molecule has 3 nitrogen and oxygen atoms in total. The third-order valence-corrected chi connectivity index (χ3v) is 4.01. The Morgan fingerprint density at radius 2 is 2.33 bits per heavy atom. The summed E-state index contributed by atoms with van der Waals surface area (Å²) in [6.07, 6.45) is 2.78. The Morgan fingerprint density at radius 3 is 3.17 bits per heavy atom. The first kappa shape index (κ1) is 11.6. The Bertz CT molecular complexity index is 453. The second-order valence-corrected chi connectivity index (χ2v) is 4.97. The molecule has 0 bridgehead atoms. The first-order valence-corrected chi connectivity index (χ1v) is 6.72. The predicted molar refractivity (Wildman–Crippen MR) is 67.7 cm³/mol. The number of hydrogen-bond acceptors (Lipinski definition) is 3. The van der Waals surface area contributed by atoms with Gasteiger partial charge in [0.25, 0.3) is 0 Å². The zero-order chi connectivity index (χ0) is 12.5. The van der Waals surface area contributed by atoms with Crippen molar-refractivity contribution in [2.24, 2.45) is 5.92 Å². The van der Waals surface area contributed by atoms with Crippen LogP contribution in [0.25, 0.3) is 0 Å². The van der Waals surface area contributed by atoms with Crippen LogP contribution in [0.1, 0.15) is 36.8 Å². The van der Waals surface area contributed by atoms with Crippen LogP contribution in [0.3, 0.4) is 0 Å². The number of carbonyl (C=O) groups excluding carboxylic acids is 1. The number of benzene rings is 1. The highest BCUT2D eigenvalue weighted by molar-refractivity contribution is 5.75. The lowest BCUT2D eigenvalue weighted by Crippen LogP contribution is -2.32. The van der Waals surface area contributed by atoms with E-state index in [1.807, 2.05) is 19.1 Å². The van der Waals surface area contributed by atoms with Gasteiger partial charge in [-0.3, -0.25) is 4.79 Å². The molecule has 2 unspecified atom stereocenters. The third kappa shape index (κ3) is 1.78. The van der Waals surface area contributed by atoms with E-state index in [0.717, 1.165) is 25.0 Å². The van der Waals surface area contributed by atoms with E-state index in [1.54, 1.807) is 0 Å². The Labute approximate surface area is 107 Å². The molecule has 1 aliphatic heterocycles. The first-order valence-electron chi connectivity index (χ1n) is 6.72. The summed E-state index contributed by atoms with van der Waals surface area (Å²) in [6, 6.07) is 6.21. The lowest BCUT2D eigenvalue weighted by molar-refractivity contribution is -0.149. The molecule has 1 heterocycles. The van der Waals surface area contributed by atoms with Crippen molar-refractivity contribution < 1.29 is 14.3 Å². The van der Waals surface area contributed by atoms with Gasteiger partial charge < -0.3 is 9.47 Å². The number of hydrogen-bond donors (Lipinski definition) is 0. The molecule has 0 spiro atoms. The van der Waals surface area contributed by atoms with E-state index < -0.39 is 0 Å². The van der Waals surface area contributed by atoms with Crippen molar-refractivity contribution in [2.75, 3.05) is 13.2 Å². The van der Waals surface area contributed by atoms with Crippen molar-refractivity contribution >= 4 is 5.97 Å². The number of rotatable bonds is 2. The molecule has 3 rings (SSSR count). The van der Waals surface area contributed by atoms with Gasteiger partial charge in [-0.25, -0.2) is 0 Å². The van der Waals surface area contributed by atoms with Gasteiger partial charge in [0, 0.05) is 11.5 Å². The number of esters is 1. The Balaban J connectivity index is 1.96. The Morgan fingerprint density at radius 1 is 1.44 bits per heavy atom. The van der Waals surface area contributed by atoms with Crippen LogP contribution in [-0.4, -0.2) is 19.2 Å². The lowest BCUT2D eigenvalue weighted by atomic mass is 9.72. The molecule has 1 aromatic rings. The summed E-state index contributed by atoms with van der Waals surface area (Å²) < 4.78 is 10.9. The highest BCUT2D eigenvalue weighted by Crippen LogP contribution is 2.46. The summed E-state index contributed by atoms with van der Waals surface area (Å²) in [6.45, 7) is 3.04. The maximum Gasteiger partial charge on any atom is 0.309 e. The van der Waals surface area contributed by atoms with Crippen LogP contribution >= 0.6 is 0 Å². The van der Waals surface area contributed by atoms with E-state index in [4.69, 9.17) is 9.47 Å². The summed E-state index contributed by atoms with van der Waals surface area (Å²) in [5.41, 5.74) is 2.60. The maximum absolute atomic E-state index is 12.0. The van der Waals surface area contributed by atoms with Crippen LogP contribution in [0.15, 0.2) is 18.2 Å². The quantitative estimate of drug-likeness (QED) is 0.753. The van der Waals surface area contributed by atoms with Crippen LogP contribution < -0.4 is 4.74 Å². The zero-order valence-corrected chi connectivity index (χ0v) is 10.6. The van der Waals surface area contributed by atoms with Crippen LogP contribution in [-0.2, 0) is 16.0 Å². The highest BCUT2D eigenvalue weighted by atomic mass is 16.5. The van der Waals surface area contributed by atoms with E-state index in [-0.39, 0.29) is 17.8 Å². The maximum atomic E-state index is 12.0. The third-order valence-electron chi connectivity index (χ3n) is 4.01. The first-order chi connectivity index (χ1) is 8.81. The Hall–Kier alpha value is -1.51. The average Bonchev–Trinajstić information content (AvgIpc) is 2.40. The van der Waals surface area contributed by atoms with Crippen molar-refractivity contribution in [2.45, 2.75) is 32.1 Å². The van der Waals surface area contributed by atoms with Gasteiger partial charge in [0.05, 0.1) is 19.1 Å². The summed E-state index contributed by atoms with van der Waals surface area (Å²) >= 11 is 0. The number of carbonyl (C=O) groups is 1. The van der Waals surface area contributed by atoms with Gasteiger partial charge in [-0.15, -0.1) is 0 Å². The number of ether oxygens (including phenoxy) is 2. The Kier molecular flexibility index (Phi) is 2.98. The van der Waals surface area contributed by atoms with E-state index in [2.05, 4.69) is 6.07 Å². The van der Waals surface area contributed by atoms with Crippen LogP contribution in [0.2, 0.25) is 0 Å². The smallest absolute Gasteiger partial charge is 0.309 e. The molecule has 18 heavy (non-hydrogen) atoms. The minimum absolute atomic E-state index is 0.0162. The van der Waals surface area contributed by atoms with E-state index >= 15 is 0 Å². The predicted octanol–water partition coefficient (Wildman–Crippen LogP) is 2.68. The van der Waals surface area contributed by atoms with Crippen LogP contribution in [0, 0.1) is 5.92 Å². The van der Waals surface area contributed by atoms with E-state index in [1.165, 1.54) is 11.1 Å². The topological polar surface area (TPSA) is 35.5 Å². The van der Waals surface area contributed by atoms with Gasteiger partial charge in [0.15, 0.2) is 0 Å². The summed E-state index contributed by atoms with van der Waals surface area (Å²) in [5, 5.41) is 0. The second kappa shape index (κ2) is 4.63. The molecular formula is C15H18O3. The van der Waals surface area contributed by atoms with Crippen LogP contribution in [0.4, 0.5) is 0 Å². The molecule has 0 amide bonds. The van der Waals surface area contributed by atoms with Crippen molar-refractivity contribution in [3.05, 3.63) is 29.3 Å². The fraction of sp³-hybridized carbons (Fsp3) is 0.533. The van der Waals surface area contributed by atoms with Gasteiger partial charge in [-0.1, -0.05) is 12.1 Å². The molecule has 2 atom stereocenters. The van der Waals surface area contributed by atoms with E-state index in [9.17, 15) is 4.79 Å². The van der Waals surface area contributed by atoms with Gasteiger partial charge in [0.2, 0.25) is 0 Å². The molecule has 0 N–H and O–H groups in total. The minimum Gasteiger partial charge on any atom is -0.493 e. The molecule has 3 heteroatoms. The SMILES string of the molecule is CCOC(=O)C1CCc2cccc3c2C1CCO3. The monoisotopic (exact) mass is 246 g/mol. The van der Waals surface area contributed by atoms with E-state index in [0.29, 0.717) is 13.2 Å².